The predicted octanol–water partition coefficient (Wildman–Crippen LogP) is 4.42. The highest BCUT2D eigenvalue weighted by Gasteiger charge is 2.42. The maximum absolute atomic E-state index is 11.9. The molecule has 2 aromatic heterocycles. The van der Waals surface area contributed by atoms with E-state index in [1.165, 1.54) is 14.2 Å². The first kappa shape index (κ1) is 26.1. The molecule has 2 unspecified atom stereocenters. The van der Waals surface area contributed by atoms with Crippen molar-refractivity contribution in [2.45, 2.75) is 12.1 Å². The Bertz CT molecular complexity index is 1470. The zero-order valence-corrected chi connectivity index (χ0v) is 22.2. The minimum Gasteiger partial charge on any atom is -0.465 e. The topological polar surface area (TPSA) is 97.7 Å². The Hall–Kier alpha value is -4.54. The van der Waals surface area contributed by atoms with Gasteiger partial charge in [0, 0.05) is 42.3 Å². The van der Waals surface area contributed by atoms with E-state index in [0.29, 0.717) is 16.4 Å². The molecule has 2 N–H and O–H groups in total. The highest BCUT2D eigenvalue weighted by Crippen LogP contribution is 2.42. The first-order chi connectivity index (χ1) is 19.0. The summed E-state index contributed by atoms with van der Waals surface area (Å²) in [6.07, 6.45) is 3.74. The normalized spacial score (nSPS) is 16.6. The number of anilines is 2. The number of esters is 1. The van der Waals surface area contributed by atoms with Gasteiger partial charge in [0.05, 0.1) is 24.4 Å². The Morgan fingerprint density at radius 3 is 2.38 bits per heavy atom. The number of nitrogens with zero attached hydrogens (tertiary/aromatic N) is 3. The number of rotatable bonds is 8. The molecule has 1 aliphatic heterocycles. The standard InChI is InChI=1S/C29H27N5O4S/c1-37-18-25(35)31-20-10-14-22(15-11-20)34-27(26(32-29(34)39)23-6-3-4-16-30-23)24-7-5-17-33(24)21-12-8-19(9-13-21)28(36)38-2/h3-17,26-27H,18H2,1-2H3,(H,31,35)(H,32,39). The Kier molecular flexibility index (Phi) is 7.67. The van der Waals surface area contributed by atoms with Gasteiger partial charge in [0.15, 0.2) is 5.11 Å². The number of thiocarbonyl (C=S) groups is 1. The second kappa shape index (κ2) is 11.5. The van der Waals surface area contributed by atoms with E-state index in [-0.39, 0.29) is 30.6 Å². The summed E-state index contributed by atoms with van der Waals surface area (Å²) in [5, 5.41) is 6.84. The number of methoxy groups -OCH3 is 2. The molecule has 1 fully saturated rings. The third kappa shape index (κ3) is 5.38. The van der Waals surface area contributed by atoms with Crippen LogP contribution in [0.15, 0.2) is 91.3 Å². The lowest BCUT2D eigenvalue weighted by Crippen LogP contribution is -2.30. The minimum atomic E-state index is -0.386. The van der Waals surface area contributed by atoms with Gasteiger partial charge in [0.25, 0.3) is 0 Å². The van der Waals surface area contributed by atoms with Gasteiger partial charge in [-0.05, 0) is 85.0 Å². The van der Waals surface area contributed by atoms with Gasteiger partial charge in [-0.1, -0.05) is 6.07 Å². The van der Waals surface area contributed by atoms with Crippen LogP contribution in [0.25, 0.3) is 5.69 Å². The lowest BCUT2D eigenvalue weighted by molar-refractivity contribution is -0.119. The maximum Gasteiger partial charge on any atom is 0.337 e. The Morgan fingerprint density at radius 1 is 0.974 bits per heavy atom. The monoisotopic (exact) mass is 541 g/mol. The van der Waals surface area contributed by atoms with Crippen molar-refractivity contribution in [3.63, 3.8) is 0 Å². The molecular weight excluding hydrogens is 514 g/mol. The molecular formula is C29H27N5O4S. The van der Waals surface area contributed by atoms with E-state index < -0.39 is 0 Å². The van der Waals surface area contributed by atoms with Gasteiger partial charge >= 0.3 is 5.97 Å². The molecule has 0 aliphatic carbocycles. The smallest absolute Gasteiger partial charge is 0.337 e. The number of amides is 1. The first-order valence-electron chi connectivity index (χ1n) is 12.3. The average molecular weight is 542 g/mol. The fourth-order valence-electron chi connectivity index (χ4n) is 4.71. The van der Waals surface area contributed by atoms with Gasteiger partial charge in [0.2, 0.25) is 5.91 Å². The molecule has 1 amide bonds. The second-order valence-corrected chi connectivity index (χ2v) is 9.25. The van der Waals surface area contributed by atoms with Crippen LogP contribution in [0.5, 0.6) is 0 Å². The van der Waals surface area contributed by atoms with E-state index in [1.807, 2.05) is 66.9 Å². The molecule has 3 heterocycles. The Balaban J connectivity index is 1.54. The van der Waals surface area contributed by atoms with Crippen LogP contribution in [-0.2, 0) is 14.3 Å². The number of hydrogen-bond donors (Lipinski definition) is 2. The largest absolute Gasteiger partial charge is 0.465 e. The molecule has 0 spiro atoms. The van der Waals surface area contributed by atoms with Gasteiger partial charge in [-0.15, -0.1) is 0 Å². The quantitative estimate of drug-likeness (QED) is 0.250. The summed E-state index contributed by atoms with van der Waals surface area (Å²) in [5.41, 5.74) is 4.70. The molecule has 9 nitrogen and oxygen atoms in total. The number of ether oxygens (including phenoxy) is 2. The second-order valence-electron chi connectivity index (χ2n) is 8.87. The fraction of sp³-hybridized carbons (Fsp3) is 0.172. The van der Waals surface area contributed by atoms with Crippen LogP contribution in [0, 0.1) is 0 Å². The van der Waals surface area contributed by atoms with Gasteiger partial charge in [-0.3, -0.25) is 9.78 Å². The summed E-state index contributed by atoms with van der Waals surface area (Å²) < 4.78 is 11.8. The van der Waals surface area contributed by atoms with Gasteiger partial charge in [-0.2, -0.15) is 0 Å². The molecule has 198 valence electrons. The van der Waals surface area contributed by atoms with E-state index in [1.54, 1.807) is 18.3 Å². The number of hydrogen-bond acceptors (Lipinski definition) is 6. The first-order valence-corrected chi connectivity index (χ1v) is 12.7. The van der Waals surface area contributed by atoms with Gasteiger partial charge in [-0.25, -0.2) is 4.79 Å². The highest BCUT2D eigenvalue weighted by atomic mass is 32.1. The van der Waals surface area contributed by atoms with Crippen LogP contribution in [0.2, 0.25) is 0 Å². The van der Waals surface area contributed by atoms with Crippen molar-refractivity contribution in [2.75, 3.05) is 31.0 Å². The summed E-state index contributed by atoms with van der Waals surface area (Å²) in [4.78, 5) is 30.6. The molecule has 10 heteroatoms. The van der Waals surface area contributed by atoms with Crippen molar-refractivity contribution in [3.05, 3.63) is 108 Å². The SMILES string of the molecule is COCC(=O)Nc1ccc(N2C(=S)NC(c3ccccn3)C2c2cccn2-c2ccc(C(=O)OC)cc2)cc1. The average Bonchev–Trinajstić information content (AvgIpc) is 3.58. The molecule has 2 atom stereocenters. The Morgan fingerprint density at radius 2 is 1.72 bits per heavy atom. The Labute approximate surface area is 231 Å². The third-order valence-corrected chi connectivity index (χ3v) is 6.77. The lowest BCUT2D eigenvalue weighted by Gasteiger charge is -2.29. The number of carbonyl (C=O) groups excluding carboxylic acids is 2. The third-order valence-electron chi connectivity index (χ3n) is 6.45. The lowest BCUT2D eigenvalue weighted by atomic mass is 10.0. The van der Waals surface area contributed by atoms with Crippen molar-refractivity contribution in [2.24, 2.45) is 0 Å². The van der Waals surface area contributed by atoms with Crippen molar-refractivity contribution in [3.8, 4) is 5.69 Å². The molecule has 1 saturated heterocycles. The van der Waals surface area contributed by atoms with Crippen molar-refractivity contribution < 1.29 is 19.1 Å². The zero-order valence-electron chi connectivity index (χ0n) is 21.4. The minimum absolute atomic E-state index is 0.0205. The molecule has 1 aliphatic rings. The zero-order chi connectivity index (χ0) is 27.4. The number of nitrogens with one attached hydrogen (secondary N) is 2. The molecule has 2 aromatic carbocycles. The summed E-state index contributed by atoms with van der Waals surface area (Å²) >= 11 is 5.85. The molecule has 39 heavy (non-hydrogen) atoms. The number of aromatic nitrogens is 2. The van der Waals surface area contributed by atoms with E-state index in [4.69, 9.17) is 21.7 Å². The van der Waals surface area contributed by atoms with Crippen molar-refractivity contribution in [1.82, 2.24) is 14.9 Å². The number of pyridine rings is 1. The van der Waals surface area contributed by atoms with E-state index in [0.717, 1.165) is 22.8 Å². The summed E-state index contributed by atoms with van der Waals surface area (Å²) in [6, 6.07) is 24.1. The van der Waals surface area contributed by atoms with Crippen LogP contribution in [0.1, 0.15) is 33.8 Å². The van der Waals surface area contributed by atoms with Crippen molar-refractivity contribution >= 4 is 40.6 Å². The van der Waals surface area contributed by atoms with Crippen LogP contribution in [0.3, 0.4) is 0 Å². The number of carbonyl (C=O) groups is 2. The highest BCUT2D eigenvalue weighted by molar-refractivity contribution is 7.80. The van der Waals surface area contributed by atoms with Crippen molar-refractivity contribution in [1.29, 1.82) is 0 Å². The summed E-state index contributed by atoms with van der Waals surface area (Å²) in [5.74, 6) is -0.615. The molecule has 5 rings (SSSR count). The van der Waals surface area contributed by atoms with Gasteiger partial charge in [0.1, 0.15) is 12.6 Å². The molecule has 0 saturated carbocycles. The van der Waals surface area contributed by atoms with Gasteiger partial charge < -0.3 is 29.6 Å². The van der Waals surface area contributed by atoms with Crippen LogP contribution < -0.4 is 15.5 Å². The van der Waals surface area contributed by atoms with E-state index >= 15 is 0 Å². The predicted molar refractivity (Wildman–Crippen MR) is 152 cm³/mol. The van der Waals surface area contributed by atoms with Crippen LogP contribution in [-0.4, -0.2) is 47.4 Å². The fourth-order valence-corrected chi connectivity index (χ4v) is 5.06. The van der Waals surface area contributed by atoms with E-state index in [9.17, 15) is 9.59 Å². The summed E-state index contributed by atoms with van der Waals surface area (Å²) in [6.45, 7) is -0.0205. The van der Waals surface area contributed by atoms with Crippen LogP contribution in [0.4, 0.5) is 11.4 Å². The van der Waals surface area contributed by atoms with Crippen LogP contribution >= 0.6 is 12.2 Å². The molecule has 4 aromatic rings. The van der Waals surface area contributed by atoms with E-state index in [2.05, 4.69) is 31.2 Å². The molecule has 0 radical (unpaired) electrons. The summed E-state index contributed by atoms with van der Waals surface area (Å²) in [7, 11) is 2.84. The number of benzene rings is 2. The molecule has 0 bridgehead atoms. The maximum atomic E-state index is 11.9.